The van der Waals surface area contributed by atoms with Crippen LogP contribution in [0.4, 0.5) is 4.39 Å². The molecule has 3 unspecified atom stereocenters. The molecule has 1 aromatic rings. The van der Waals surface area contributed by atoms with Crippen LogP contribution in [0.3, 0.4) is 0 Å². The van der Waals surface area contributed by atoms with E-state index < -0.39 is 21.9 Å². The lowest BCUT2D eigenvalue weighted by atomic mass is 9.84. The molecule has 1 aromatic carbocycles. The van der Waals surface area contributed by atoms with Crippen molar-refractivity contribution in [2.45, 2.75) is 36.4 Å². The molecule has 0 bridgehead atoms. The number of ether oxygens (including phenoxy) is 1. The molecule has 3 N–H and O–H groups in total. The summed E-state index contributed by atoms with van der Waals surface area (Å²) in [7, 11) is -3.94. The van der Waals surface area contributed by atoms with Crippen LogP contribution in [-0.2, 0) is 14.8 Å². The van der Waals surface area contributed by atoms with E-state index in [2.05, 4.69) is 4.72 Å². The lowest BCUT2D eigenvalue weighted by Gasteiger charge is -2.42. The van der Waals surface area contributed by atoms with E-state index in [1.54, 1.807) is 0 Å². The molecule has 1 aliphatic carbocycles. The van der Waals surface area contributed by atoms with Gasteiger partial charge in [-0.25, -0.2) is 17.5 Å². The third-order valence-electron chi connectivity index (χ3n) is 3.22. The average molecular weight is 323 g/mol. The number of hydrogen-bond donors (Lipinski definition) is 2. The van der Waals surface area contributed by atoms with E-state index in [1.165, 1.54) is 6.07 Å². The highest BCUT2D eigenvalue weighted by Gasteiger charge is 2.42. The number of hydrogen-bond acceptors (Lipinski definition) is 4. The van der Waals surface area contributed by atoms with E-state index in [0.29, 0.717) is 13.0 Å². The molecule has 20 heavy (non-hydrogen) atoms. The fourth-order valence-corrected chi connectivity index (χ4v) is 3.94. The fraction of sp³-hybridized carbons (Fsp3) is 0.500. The van der Waals surface area contributed by atoms with E-state index in [9.17, 15) is 12.8 Å². The Balaban J connectivity index is 2.21. The Morgan fingerprint density at radius 1 is 1.55 bits per heavy atom. The first-order valence-electron chi connectivity index (χ1n) is 6.19. The fourth-order valence-electron chi connectivity index (χ4n) is 2.12. The van der Waals surface area contributed by atoms with Gasteiger partial charge in [-0.15, -0.1) is 0 Å². The standard InChI is InChI=1S/C12H16ClFN2O3S/c1-2-19-10-6-9(15)12(10)16-20(17,18)11-5-7(14)3-4-8(11)13/h3-5,9-10,12,16H,2,6,15H2,1H3. The molecule has 0 heterocycles. The highest BCUT2D eigenvalue weighted by Crippen LogP contribution is 2.27. The summed E-state index contributed by atoms with van der Waals surface area (Å²) in [5, 5.41) is -0.0419. The summed E-state index contributed by atoms with van der Waals surface area (Å²) in [6, 6.07) is 2.32. The van der Waals surface area contributed by atoms with Crippen LogP contribution in [-0.4, -0.2) is 33.2 Å². The van der Waals surface area contributed by atoms with Gasteiger partial charge in [-0.3, -0.25) is 0 Å². The molecule has 1 fully saturated rings. The lowest BCUT2D eigenvalue weighted by Crippen LogP contribution is -2.64. The third kappa shape index (κ3) is 3.12. The van der Waals surface area contributed by atoms with Crippen LogP contribution in [0, 0.1) is 5.82 Å². The second-order valence-electron chi connectivity index (χ2n) is 4.62. The minimum atomic E-state index is -3.94. The SMILES string of the molecule is CCOC1CC(N)C1NS(=O)(=O)c1cc(F)ccc1Cl. The van der Waals surface area contributed by atoms with Crippen molar-refractivity contribution >= 4 is 21.6 Å². The summed E-state index contributed by atoms with van der Waals surface area (Å²) in [4.78, 5) is -0.298. The highest BCUT2D eigenvalue weighted by atomic mass is 35.5. The zero-order chi connectivity index (χ0) is 14.9. The summed E-state index contributed by atoms with van der Waals surface area (Å²) in [5.41, 5.74) is 5.78. The number of nitrogens with one attached hydrogen (secondary N) is 1. The smallest absolute Gasteiger partial charge is 0.242 e. The first kappa shape index (κ1) is 15.7. The van der Waals surface area contributed by atoms with Gasteiger partial charge in [-0.2, -0.15) is 0 Å². The summed E-state index contributed by atoms with van der Waals surface area (Å²) in [5.74, 6) is -0.672. The van der Waals surface area contributed by atoms with Gasteiger partial charge >= 0.3 is 0 Å². The van der Waals surface area contributed by atoms with Crippen molar-refractivity contribution < 1.29 is 17.5 Å². The van der Waals surface area contributed by atoms with Crippen LogP contribution in [0.25, 0.3) is 0 Å². The predicted octanol–water partition coefficient (Wildman–Crippen LogP) is 1.26. The summed E-state index contributed by atoms with van der Waals surface area (Å²) >= 11 is 5.81. The van der Waals surface area contributed by atoms with Crippen molar-refractivity contribution in [1.29, 1.82) is 0 Å². The van der Waals surface area contributed by atoms with Crippen LogP contribution in [0.15, 0.2) is 23.1 Å². The second kappa shape index (κ2) is 5.95. The zero-order valence-corrected chi connectivity index (χ0v) is 12.4. The van der Waals surface area contributed by atoms with Crippen LogP contribution < -0.4 is 10.5 Å². The molecular weight excluding hydrogens is 307 g/mol. The van der Waals surface area contributed by atoms with Gasteiger partial charge in [0, 0.05) is 12.6 Å². The Bertz CT molecular complexity index is 594. The van der Waals surface area contributed by atoms with Crippen molar-refractivity contribution in [3.8, 4) is 0 Å². The molecule has 5 nitrogen and oxygen atoms in total. The van der Waals surface area contributed by atoms with Crippen LogP contribution in [0.2, 0.25) is 5.02 Å². The Hall–Kier alpha value is -0.730. The summed E-state index contributed by atoms with van der Waals surface area (Å²) in [6.07, 6.45) is 0.315. The Morgan fingerprint density at radius 2 is 2.25 bits per heavy atom. The van der Waals surface area contributed by atoms with Gasteiger partial charge < -0.3 is 10.5 Å². The largest absolute Gasteiger partial charge is 0.377 e. The van der Waals surface area contributed by atoms with E-state index in [1.807, 2.05) is 6.92 Å². The predicted molar refractivity (Wildman–Crippen MR) is 73.5 cm³/mol. The maximum atomic E-state index is 13.2. The van der Waals surface area contributed by atoms with Crippen LogP contribution >= 0.6 is 11.6 Å². The van der Waals surface area contributed by atoms with E-state index in [4.69, 9.17) is 22.1 Å². The quantitative estimate of drug-likeness (QED) is 0.855. The third-order valence-corrected chi connectivity index (χ3v) is 5.16. The van der Waals surface area contributed by atoms with Gasteiger partial charge in [-0.1, -0.05) is 11.6 Å². The topological polar surface area (TPSA) is 81.4 Å². The van der Waals surface area contributed by atoms with Crippen molar-refractivity contribution in [3.63, 3.8) is 0 Å². The van der Waals surface area contributed by atoms with Crippen LogP contribution in [0.5, 0.6) is 0 Å². The molecule has 0 amide bonds. The van der Waals surface area contributed by atoms with E-state index in [0.717, 1.165) is 12.1 Å². The van der Waals surface area contributed by atoms with Gasteiger partial charge in [0.05, 0.1) is 17.2 Å². The second-order valence-corrected chi connectivity index (χ2v) is 6.70. The van der Waals surface area contributed by atoms with Crippen molar-refractivity contribution in [2.75, 3.05) is 6.61 Å². The molecule has 8 heteroatoms. The molecule has 1 saturated carbocycles. The maximum absolute atomic E-state index is 13.2. The molecular formula is C12H16ClFN2O3S. The number of rotatable bonds is 5. The van der Waals surface area contributed by atoms with Gasteiger partial charge in [0.15, 0.2) is 0 Å². The van der Waals surface area contributed by atoms with E-state index in [-0.39, 0.29) is 22.1 Å². The first-order valence-corrected chi connectivity index (χ1v) is 8.06. The Morgan fingerprint density at radius 3 is 2.85 bits per heavy atom. The van der Waals surface area contributed by atoms with Crippen molar-refractivity contribution in [2.24, 2.45) is 5.73 Å². The molecule has 2 rings (SSSR count). The molecule has 0 saturated heterocycles. The average Bonchev–Trinajstić information content (AvgIpc) is 2.39. The normalized spacial score (nSPS) is 26.3. The summed E-state index contributed by atoms with van der Waals surface area (Å²) < 4.78 is 45.5. The molecule has 1 aliphatic rings. The summed E-state index contributed by atoms with van der Waals surface area (Å²) in [6.45, 7) is 2.29. The molecule has 0 aliphatic heterocycles. The maximum Gasteiger partial charge on any atom is 0.242 e. The van der Waals surface area contributed by atoms with Gasteiger partial charge in [0.25, 0.3) is 0 Å². The van der Waals surface area contributed by atoms with Gasteiger partial charge in [-0.05, 0) is 31.5 Å². The minimum absolute atomic E-state index is 0.0419. The monoisotopic (exact) mass is 322 g/mol. The number of benzene rings is 1. The lowest BCUT2D eigenvalue weighted by molar-refractivity contribution is -0.0248. The highest BCUT2D eigenvalue weighted by molar-refractivity contribution is 7.89. The molecule has 112 valence electrons. The van der Waals surface area contributed by atoms with E-state index >= 15 is 0 Å². The number of sulfonamides is 1. The minimum Gasteiger partial charge on any atom is -0.377 e. The van der Waals surface area contributed by atoms with Crippen molar-refractivity contribution in [1.82, 2.24) is 4.72 Å². The molecule has 0 radical (unpaired) electrons. The number of halogens is 2. The first-order chi connectivity index (χ1) is 9.35. The molecule has 0 spiro atoms. The Labute approximate surface area is 122 Å². The van der Waals surface area contributed by atoms with Crippen LogP contribution in [0.1, 0.15) is 13.3 Å². The molecule has 3 atom stereocenters. The Kier molecular flexibility index (Phi) is 4.66. The molecule has 0 aromatic heterocycles. The van der Waals surface area contributed by atoms with Crippen molar-refractivity contribution in [3.05, 3.63) is 29.0 Å². The zero-order valence-electron chi connectivity index (χ0n) is 10.8. The van der Waals surface area contributed by atoms with Gasteiger partial charge in [0.2, 0.25) is 10.0 Å². The number of nitrogens with two attached hydrogens (primary N) is 1. The van der Waals surface area contributed by atoms with Gasteiger partial charge in [0.1, 0.15) is 10.7 Å².